The molecule has 198 valence electrons. The molecule has 1 rings (SSSR count). The maximum Gasteiger partial charge on any atom is 0.430 e. The van der Waals surface area contributed by atoms with Gasteiger partial charge >= 0.3 is 48.6 Å². The highest BCUT2D eigenvalue weighted by Crippen LogP contribution is 2.87. The first-order valence-electron chi connectivity index (χ1n) is 6.91. The number of halogens is 22. The first-order chi connectivity index (χ1) is 13.8. The fraction of sp³-hybridized carbons (Fsp3) is 1.00. The zero-order valence-electron chi connectivity index (χ0n) is 13.8. The molecule has 0 bridgehead atoms. The summed E-state index contributed by atoms with van der Waals surface area (Å²) in [5, 5.41) is 0. The van der Waals surface area contributed by atoms with Gasteiger partial charge in [-0.05, 0) is 0 Å². The minimum Gasteiger partial charge on any atom is -0.225 e. The topological polar surface area (TPSA) is 0 Å². The predicted molar refractivity (Wildman–Crippen MR) is 53.8 cm³/mol. The SMILES string of the molecule is FC(F)(F)C1(F)C(F)(F)C(F)(F)C(F)(F)C(C(F)(F)F)(C(F)(F)F)C1(C(F)(F)F)C(F)(F)F. The van der Waals surface area contributed by atoms with Crippen LogP contribution in [0.2, 0.25) is 0 Å². The molecule has 0 aromatic rings. The minimum absolute atomic E-state index is 9.07. The highest BCUT2D eigenvalue weighted by atomic mass is 19.4. The van der Waals surface area contributed by atoms with E-state index >= 15 is 0 Å². The van der Waals surface area contributed by atoms with Crippen molar-refractivity contribution in [3.63, 3.8) is 0 Å². The Labute approximate surface area is 163 Å². The van der Waals surface area contributed by atoms with Crippen LogP contribution in [0.3, 0.4) is 0 Å². The van der Waals surface area contributed by atoms with E-state index in [1.165, 1.54) is 0 Å². The molecule has 0 heterocycles. The van der Waals surface area contributed by atoms with Gasteiger partial charge in [-0.2, -0.15) is 92.2 Å². The number of rotatable bonds is 0. The van der Waals surface area contributed by atoms with Gasteiger partial charge in [-0.25, -0.2) is 4.39 Å². The molecule has 1 fully saturated rings. The maximum atomic E-state index is 14.4. The van der Waals surface area contributed by atoms with Crippen molar-refractivity contribution in [1.29, 1.82) is 0 Å². The Balaban J connectivity index is 5.06. The van der Waals surface area contributed by atoms with Crippen LogP contribution >= 0.6 is 0 Å². The van der Waals surface area contributed by atoms with Crippen LogP contribution in [0.1, 0.15) is 0 Å². The molecule has 1 aliphatic carbocycles. The van der Waals surface area contributed by atoms with Crippen LogP contribution in [0, 0.1) is 10.8 Å². The van der Waals surface area contributed by atoms with Gasteiger partial charge in [0.25, 0.3) is 11.1 Å². The Morgan fingerprint density at radius 1 is 0.273 bits per heavy atom. The Morgan fingerprint density at radius 2 is 0.515 bits per heavy atom. The van der Waals surface area contributed by atoms with E-state index < -0.39 is 65.1 Å². The van der Waals surface area contributed by atoms with Crippen molar-refractivity contribution in [1.82, 2.24) is 0 Å². The molecule has 1 saturated carbocycles. The van der Waals surface area contributed by atoms with Gasteiger partial charge in [0.05, 0.1) is 0 Å². The van der Waals surface area contributed by atoms with Crippen molar-refractivity contribution in [3.8, 4) is 0 Å². The van der Waals surface area contributed by atoms with Gasteiger partial charge in [0.1, 0.15) is 0 Å². The van der Waals surface area contributed by atoms with E-state index in [2.05, 4.69) is 0 Å². The fourth-order valence-electron chi connectivity index (χ4n) is 3.69. The smallest absolute Gasteiger partial charge is 0.225 e. The third-order valence-electron chi connectivity index (χ3n) is 4.86. The van der Waals surface area contributed by atoms with E-state index in [0.717, 1.165) is 0 Å². The van der Waals surface area contributed by atoms with E-state index in [0.29, 0.717) is 0 Å². The second-order valence-electron chi connectivity index (χ2n) is 6.37. The highest BCUT2D eigenvalue weighted by Gasteiger charge is 3.16. The van der Waals surface area contributed by atoms with Crippen molar-refractivity contribution in [2.24, 2.45) is 10.8 Å². The quantitative estimate of drug-likeness (QED) is 0.276. The third kappa shape index (κ3) is 2.60. The van der Waals surface area contributed by atoms with Gasteiger partial charge < -0.3 is 0 Å². The average Bonchev–Trinajstić information content (AvgIpc) is 2.42. The lowest BCUT2D eigenvalue weighted by molar-refractivity contribution is -0.603. The average molecular weight is 550 g/mol. The summed E-state index contributed by atoms with van der Waals surface area (Å²) in [7, 11) is 0. The summed E-state index contributed by atoms with van der Waals surface area (Å²) < 4.78 is 294. The second-order valence-corrected chi connectivity index (χ2v) is 6.37. The largest absolute Gasteiger partial charge is 0.430 e. The molecule has 1 unspecified atom stereocenters. The van der Waals surface area contributed by atoms with Crippen LogP contribution in [0.25, 0.3) is 0 Å². The lowest BCUT2D eigenvalue weighted by Crippen LogP contribution is -2.95. The van der Waals surface area contributed by atoms with Gasteiger partial charge in [0.15, 0.2) is 0 Å². The third-order valence-corrected chi connectivity index (χ3v) is 4.86. The fourth-order valence-corrected chi connectivity index (χ4v) is 3.69. The van der Waals surface area contributed by atoms with Crippen LogP contribution < -0.4 is 0 Å². The van der Waals surface area contributed by atoms with Crippen LogP contribution in [0.4, 0.5) is 96.6 Å². The van der Waals surface area contributed by atoms with Gasteiger partial charge in [-0.15, -0.1) is 0 Å². The molecular weight excluding hydrogens is 550 g/mol. The highest BCUT2D eigenvalue weighted by molar-refractivity contribution is 5.37. The molecule has 0 saturated heterocycles. The van der Waals surface area contributed by atoms with Crippen LogP contribution in [0.15, 0.2) is 0 Å². The number of hydrogen-bond donors (Lipinski definition) is 0. The normalized spacial score (nSPS) is 29.6. The molecule has 0 aromatic heterocycles. The Bertz CT molecular complexity index is 737. The Hall–Kier alpha value is -1.54. The standard InChI is InChI=1S/C11F22/c12-3(11(31,32)33)1(7(19,20)21,8(22,23)24)2(9(25,26)27,10(28,29)30)4(13,14)6(17,18)5(3,15)16. The van der Waals surface area contributed by atoms with E-state index in [1.807, 2.05) is 0 Å². The van der Waals surface area contributed by atoms with Crippen molar-refractivity contribution in [2.75, 3.05) is 0 Å². The van der Waals surface area contributed by atoms with Crippen molar-refractivity contribution < 1.29 is 96.6 Å². The molecule has 1 aliphatic rings. The summed E-state index contributed by atoms with van der Waals surface area (Å²) >= 11 is 0. The zero-order valence-corrected chi connectivity index (χ0v) is 13.8. The Morgan fingerprint density at radius 3 is 0.697 bits per heavy atom. The number of alkyl halides is 22. The van der Waals surface area contributed by atoms with E-state index in [4.69, 9.17) is 0 Å². The van der Waals surface area contributed by atoms with Gasteiger partial charge in [0.2, 0.25) is 5.41 Å². The molecular formula is C11F22. The summed E-state index contributed by atoms with van der Waals surface area (Å²) in [4.78, 5) is 0. The number of hydrogen-bond acceptors (Lipinski definition) is 0. The van der Waals surface area contributed by atoms with Gasteiger partial charge in [0, 0.05) is 0 Å². The summed E-state index contributed by atoms with van der Waals surface area (Å²) in [5.41, 5.74) is -29.6. The second kappa shape index (κ2) is 6.36. The predicted octanol–water partition coefficient (Wildman–Crippen LogP) is 7.40. The maximum absolute atomic E-state index is 14.4. The van der Waals surface area contributed by atoms with Gasteiger partial charge in [-0.3, -0.25) is 0 Å². The molecule has 22 heteroatoms. The zero-order chi connectivity index (χ0) is 27.5. The molecule has 0 nitrogen and oxygen atoms in total. The molecule has 33 heavy (non-hydrogen) atoms. The van der Waals surface area contributed by atoms with Crippen molar-refractivity contribution >= 4 is 0 Å². The van der Waals surface area contributed by atoms with E-state index in [9.17, 15) is 96.6 Å². The molecule has 0 amide bonds. The molecule has 1 atom stereocenters. The first kappa shape index (κ1) is 29.5. The molecule has 0 aromatic carbocycles. The summed E-state index contributed by atoms with van der Waals surface area (Å²) in [5.74, 6) is -27.8. The lowest BCUT2D eigenvalue weighted by atomic mass is 9.44. The van der Waals surface area contributed by atoms with Crippen LogP contribution in [-0.2, 0) is 0 Å². The lowest BCUT2D eigenvalue weighted by Gasteiger charge is -2.64. The Kier molecular flexibility index (Phi) is 5.69. The van der Waals surface area contributed by atoms with E-state index in [-0.39, 0.29) is 0 Å². The van der Waals surface area contributed by atoms with E-state index in [1.54, 1.807) is 0 Å². The molecule has 0 spiro atoms. The van der Waals surface area contributed by atoms with Crippen molar-refractivity contribution in [3.05, 3.63) is 0 Å². The summed E-state index contributed by atoms with van der Waals surface area (Å²) in [6.45, 7) is 0. The van der Waals surface area contributed by atoms with Crippen LogP contribution in [0.5, 0.6) is 0 Å². The summed E-state index contributed by atoms with van der Waals surface area (Å²) in [6, 6.07) is 0. The molecule has 0 N–H and O–H groups in total. The van der Waals surface area contributed by atoms with Gasteiger partial charge in [-0.1, -0.05) is 0 Å². The summed E-state index contributed by atoms with van der Waals surface area (Å²) in [6.07, 6.45) is -46.4. The minimum atomic E-state index is -10.0. The monoisotopic (exact) mass is 550 g/mol. The first-order valence-corrected chi connectivity index (χ1v) is 6.91. The molecule has 0 aliphatic heterocycles. The van der Waals surface area contributed by atoms with Crippen molar-refractivity contribution in [2.45, 2.75) is 54.3 Å². The molecule has 0 radical (unpaired) electrons. The van der Waals surface area contributed by atoms with Crippen LogP contribution in [-0.4, -0.2) is 54.3 Å².